The number of hydrogen-bond acceptors (Lipinski definition) is 6. The minimum atomic E-state index is -0.684. The van der Waals surface area contributed by atoms with Gasteiger partial charge in [0.15, 0.2) is 11.5 Å². The van der Waals surface area contributed by atoms with Crippen molar-refractivity contribution in [3.05, 3.63) is 87.3 Å². The van der Waals surface area contributed by atoms with Crippen LogP contribution >= 0.6 is 23.2 Å². The van der Waals surface area contributed by atoms with Crippen LogP contribution in [-0.2, 0) is 11.3 Å². The topological polar surface area (TPSA) is 102 Å². The molecule has 7 nitrogen and oxygen atoms in total. The Morgan fingerprint density at radius 1 is 1.15 bits per heavy atom. The largest absolute Gasteiger partial charge is 0.490 e. The monoisotopic (exact) mass is 484 g/mol. The van der Waals surface area contributed by atoms with Gasteiger partial charge in [0.1, 0.15) is 17.4 Å². The van der Waals surface area contributed by atoms with Gasteiger partial charge in [0, 0.05) is 5.02 Å². The van der Waals surface area contributed by atoms with Crippen molar-refractivity contribution in [3.8, 4) is 17.6 Å². The summed E-state index contributed by atoms with van der Waals surface area (Å²) in [7, 11) is 0. The molecule has 1 heterocycles. The molecule has 3 rings (SSSR count). The van der Waals surface area contributed by atoms with Gasteiger partial charge in [-0.15, -0.1) is 0 Å². The van der Waals surface area contributed by atoms with Gasteiger partial charge in [-0.25, -0.2) is 4.79 Å². The highest BCUT2D eigenvalue weighted by molar-refractivity contribution is 6.36. The second-order valence-corrected chi connectivity index (χ2v) is 7.43. The predicted molar refractivity (Wildman–Crippen MR) is 123 cm³/mol. The Bertz CT molecular complexity index is 1230. The number of nitrogens with one attached hydrogen (secondary N) is 1. The molecular weight excluding hydrogens is 467 g/mol. The minimum absolute atomic E-state index is 0.110. The van der Waals surface area contributed by atoms with Crippen molar-refractivity contribution in [1.29, 1.82) is 5.26 Å². The third-order valence-corrected chi connectivity index (χ3v) is 4.85. The molecule has 0 radical (unpaired) electrons. The minimum Gasteiger partial charge on any atom is -0.490 e. The van der Waals surface area contributed by atoms with Gasteiger partial charge >= 0.3 is 5.97 Å². The highest BCUT2D eigenvalue weighted by atomic mass is 35.5. The molecule has 0 saturated heterocycles. The second-order valence-electron chi connectivity index (χ2n) is 6.58. The molecule has 0 bridgehead atoms. The number of nitriles is 1. The van der Waals surface area contributed by atoms with Crippen LogP contribution < -0.4 is 14.8 Å². The number of carbonyl (C=O) groups is 2. The molecule has 0 spiro atoms. The summed E-state index contributed by atoms with van der Waals surface area (Å²) < 4.78 is 16.2. The van der Waals surface area contributed by atoms with Crippen molar-refractivity contribution in [3.63, 3.8) is 0 Å². The normalized spacial score (nSPS) is 10.9. The van der Waals surface area contributed by atoms with Crippen LogP contribution in [0.3, 0.4) is 0 Å². The lowest BCUT2D eigenvalue weighted by Crippen LogP contribution is -2.23. The second kappa shape index (κ2) is 11.2. The first-order chi connectivity index (χ1) is 15.9. The van der Waals surface area contributed by atoms with Crippen LogP contribution in [-0.4, -0.2) is 18.5 Å². The van der Waals surface area contributed by atoms with E-state index in [1.165, 1.54) is 36.6 Å². The van der Waals surface area contributed by atoms with Crippen LogP contribution in [0.15, 0.2) is 64.8 Å². The Balaban J connectivity index is 1.79. The maximum atomic E-state index is 12.5. The maximum Gasteiger partial charge on any atom is 0.345 e. The van der Waals surface area contributed by atoms with Crippen LogP contribution in [0.2, 0.25) is 10.0 Å². The van der Waals surface area contributed by atoms with E-state index in [0.717, 1.165) is 0 Å². The molecule has 0 saturated carbocycles. The Labute approximate surface area is 200 Å². The van der Waals surface area contributed by atoms with E-state index >= 15 is 0 Å². The lowest BCUT2D eigenvalue weighted by molar-refractivity contribution is -0.117. The molecule has 9 heteroatoms. The summed E-state index contributed by atoms with van der Waals surface area (Å²) in [6, 6.07) is 14.4. The van der Waals surface area contributed by atoms with E-state index in [1.54, 1.807) is 31.2 Å². The fourth-order valence-corrected chi connectivity index (χ4v) is 3.25. The Morgan fingerprint density at radius 3 is 2.64 bits per heavy atom. The standard InChI is InChI=1S/C24H18Cl2N2O5/c1-2-31-22-11-15(10-16(13-27)23(29)28-14-18-4-3-9-32-18)5-8-21(22)33-24(30)19-7-6-17(25)12-20(19)26/h3-12H,2,14H2,1H3,(H,28,29)/b16-10+. The zero-order valence-electron chi connectivity index (χ0n) is 17.4. The van der Waals surface area contributed by atoms with Crippen LogP contribution in [0.4, 0.5) is 0 Å². The first-order valence-corrected chi connectivity index (χ1v) is 10.5. The lowest BCUT2D eigenvalue weighted by atomic mass is 10.1. The molecule has 0 atom stereocenters. The van der Waals surface area contributed by atoms with E-state index in [9.17, 15) is 14.9 Å². The molecule has 0 unspecified atom stereocenters. The number of amides is 1. The lowest BCUT2D eigenvalue weighted by Gasteiger charge is -2.12. The highest BCUT2D eigenvalue weighted by Gasteiger charge is 2.17. The summed E-state index contributed by atoms with van der Waals surface area (Å²) in [6.45, 7) is 2.22. The molecule has 2 aromatic carbocycles. The Hall–Kier alpha value is -3.73. The van der Waals surface area contributed by atoms with Gasteiger partial charge in [-0.05, 0) is 61.0 Å². The average Bonchev–Trinajstić information content (AvgIpc) is 3.31. The summed E-state index contributed by atoms with van der Waals surface area (Å²) in [5, 5.41) is 12.6. The van der Waals surface area contributed by atoms with Gasteiger partial charge in [-0.1, -0.05) is 29.3 Å². The number of esters is 1. The third kappa shape index (κ3) is 6.39. The van der Waals surface area contributed by atoms with E-state index in [-0.39, 0.29) is 34.2 Å². The summed E-state index contributed by atoms with van der Waals surface area (Å²) in [4.78, 5) is 24.9. The quantitative estimate of drug-likeness (QED) is 0.198. The number of furan rings is 1. The molecule has 168 valence electrons. The number of carbonyl (C=O) groups excluding carboxylic acids is 2. The van der Waals surface area contributed by atoms with E-state index in [0.29, 0.717) is 23.0 Å². The van der Waals surface area contributed by atoms with Gasteiger partial charge in [-0.3, -0.25) is 4.79 Å². The molecule has 0 aliphatic heterocycles. The fourth-order valence-electron chi connectivity index (χ4n) is 2.77. The van der Waals surface area contributed by atoms with Gasteiger partial charge in [0.25, 0.3) is 5.91 Å². The molecule has 0 aliphatic carbocycles. The Morgan fingerprint density at radius 2 is 1.97 bits per heavy atom. The first-order valence-electron chi connectivity index (χ1n) is 9.77. The molecular formula is C24H18Cl2N2O5. The molecule has 0 aliphatic rings. The van der Waals surface area contributed by atoms with Gasteiger partial charge in [0.2, 0.25) is 0 Å². The van der Waals surface area contributed by atoms with Crippen molar-refractivity contribution in [2.24, 2.45) is 0 Å². The number of halogens is 2. The molecule has 3 aromatic rings. The predicted octanol–water partition coefficient (Wildman–Crippen LogP) is 5.43. The summed E-state index contributed by atoms with van der Waals surface area (Å²) in [5.74, 6) is -0.259. The number of ether oxygens (including phenoxy) is 2. The van der Waals surface area contributed by atoms with Crippen molar-refractivity contribution in [2.45, 2.75) is 13.5 Å². The molecule has 1 N–H and O–H groups in total. The third-order valence-electron chi connectivity index (χ3n) is 4.30. The van der Waals surface area contributed by atoms with Crippen molar-refractivity contribution in [1.82, 2.24) is 5.32 Å². The first kappa shape index (κ1) is 23.9. The summed E-state index contributed by atoms with van der Waals surface area (Å²) in [5.41, 5.74) is 0.543. The number of benzene rings is 2. The smallest absolute Gasteiger partial charge is 0.345 e. The van der Waals surface area contributed by atoms with E-state index in [1.807, 2.05) is 6.07 Å². The van der Waals surface area contributed by atoms with E-state index in [2.05, 4.69) is 5.32 Å². The molecule has 0 fully saturated rings. The summed E-state index contributed by atoms with van der Waals surface area (Å²) in [6.07, 6.45) is 2.90. The van der Waals surface area contributed by atoms with Crippen molar-refractivity contribution >= 4 is 41.2 Å². The number of rotatable bonds is 8. The number of nitrogens with zero attached hydrogens (tertiary/aromatic N) is 1. The number of hydrogen-bond donors (Lipinski definition) is 1. The molecule has 1 amide bonds. The van der Waals surface area contributed by atoms with Crippen LogP contribution in [0.5, 0.6) is 11.5 Å². The average molecular weight is 485 g/mol. The Kier molecular flexibility index (Phi) is 8.14. The van der Waals surface area contributed by atoms with Gasteiger partial charge < -0.3 is 19.2 Å². The molecule has 1 aromatic heterocycles. The van der Waals surface area contributed by atoms with Crippen LogP contribution in [0, 0.1) is 11.3 Å². The van der Waals surface area contributed by atoms with E-state index < -0.39 is 11.9 Å². The zero-order chi connectivity index (χ0) is 23.8. The van der Waals surface area contributed by atoms with Gasteiger partial charge in [0.05, 0.1) is 30.0 Å². The summed E-state index contributed by atoms with van der Waals surface area (Å²) >= 11 is 11.9. The van der Waals surface area contributed by atoms with Crippen LogP contribution in [0.1, 0.15) is 28.6 Å². The van der Waals surface area contributed by atoms with Crippen molar-refractivity contribution < 1.29 is 23.5 Å². The van der Waals surface area contributed by atoms with Gasteiger partial charge in [-0.2, -0.15) is 5.26 Å². The maximum absolute atomic E-state index is 12.5. The van der Waals surface area contributed by atoms with Crippen molar-refractivity contribution in [2.75, 3.05) is 6.61 Å². The van der Waals surface area contributed by atoms with Crippen LogP contribution in [0.25, 0.3) is 6.08 Å². The molecule has 33 heavy (non-hydrogen) atoms. The fraction of sp³-hybridized carbons (Fsp3) is 0.125. The SMILES string of the molecule is CCOc1cc(/C=C(\C#N)C(=O)NCc2ccco2)ccc1OC(=O)c1ccc(Cl)cc1Cl. The zero-order valence-corrected chi connectivity index (χ0v) is 18.9. The van der Waals surface area contributed by atoms with E-state index in [4.69, 9.17) is 37.1 Å². The highest BCUT2D eigenvalue weighted by Crippen LogP contribution is 2.31.